The molecule has 1 saturated heterocycles. The molecule has 0 spiro atoms. The molecule has 7 heteroatoms. The maximum atomic E-state index is 12.6. The van der Waals surface area contributed by atoms with Gasteiger partial charge in [0.1, 0.15) is 5.75 Å². The summed E-state index contributed by atoms with van der Waals surface area (Å²) in [4.78, 5) is 20.4. The molecule has 0 aliphatic carbocycles. The summed E-state index contributed by atoms with van der Waals surface area (Å²) in [7, 11) is 1.62. The van der Waals surface area contributed by atoms with Crippen molar-refractivity contribution in [2.75, 3.05) is 13.7 Å². The highest BCUT2D eigenvalue weighted by atomic mass is 35.5. The summed E-state index contributed by atoms with van der Waals surface area (Å²) in [5.74, 6) is 0.746. The zero-order chi connectivity index (χ0) is 17.1. The number of methoxy groups -OCH3 is 1. The Bertz CT molecular complexity index is 812. The molecule has 2 heterocycles. The van der Waals surface area contributed by atoms with E-state index in [1.165, 1.54) is 23.1 Å². The number of hydrogen-bond donors (Lipinski definition) is 0. The molecule has 1 aliphatic heterocycles. The van der Waals surface area contributed by atoms with Gasteiger partial charge in [-0.05, 0) is 61.2 Å². The van der Waals surface area contributed by atoms with Crippen LogP contribution in [0.1, 0.15) is 11.8 Å². The predicted molar refractivity (Wildman–Crippen MR) is 102 cm³/mol. The van der Waals surface area contributed by atoms with Gasteiger partial charge < -0.3 is 4.74 Å². The van der Waals surface area contributed by atoms with Crippen LogP contribution in [-0.4, -0.2) is 29.6 Å². The molecular formula is C17H15ClN2O2S2. The highest BCUT2D eigenvalue weighted by molar-refractivity contribution is 8.18. The zero-order valence-corrected chi connectivity index (χ0v) is 15.5. The van der Waals surface area contributed by atoms with Gasteiger partial charge in [-0.25, -0.2) is 4.99 Å². The van der Waals surface area contributed by atoms with Gasteiger partial charge in [-0.2, -0.15) is 0 Å². The molecule has 2 aromatic rings. The fourth-order valence-electron chi connectivity index (χ4n) is 2.17. The molecule has 0 radical (unpaired) electrons. The van der Waals surface area contributed by atoms with Crippen LogP contribution in [0.4, 0.5) is 5.69 Å². The van der Waals surface area contributed by atoms with Crippen LogP contribution in [-0.2, 0) is 4.79 Å². The number of thiophene rings is 1. The second-order valence-electron chi connectivity index (χ2n) is 4.89. The van der Waals surface area contributed by atoms with E-state index in [4.69, 9.17) is 16.3 Å². The summed E-state index contributed by atoms with van der Waals surface area (Å²) >= 11 is 8.78. The Kier molecular flexibility index (Phi) is 5.28. The number of benzene rings is 1. The summed E-state index contributed by atoms with van der Waals surface area (Å²) in [6, 6.07) is 11.2. The van der Waals surface area contributed by atoms with Crippen LogP contribution < -0.4 is 4.74 Å². The average Bonchev–Trinajstić information content (AvgIpc) is 3.12. The lowest BCUT2D eigenvalue weighted by molar-refractivity contribution is -0.122. The number of carbonyl (C=O) groups is 1. The molecule has 0 saturated carbocycles. The third-order valence-electron chi connectivity index (χ3n) is 3.37. The second-order valence-corrected chi connectivity index (χ2v) is 7.65. The summed E-state index contributed by atoms with van der Waals surface area (Å²) in [6.07, 6.45) is 1.86. The van der Waals surface area contributed by atoms with Crippen molar-refractivity contribution < 1.29 is 9.53 Å². The quantitative estimate of drug-likeness (QED) is 0.700. The minimum atomic E-state index is -0.0284. The summed E-state index contributed by atoms with van der Waals surface area (Å²) in [5, 5.41) is 0.682. The molecule has 0 atom stereocenters. The number of nitrogens with zero attached hydrogens (tertiary/aromatic N) is 2. The van der Waals surface area contributed by atoms with Crippen LogP contribution in [0.25, 0.3) is 6.08 Å². The number of amidine groups is 1. The molecule has 124 valence electrons. The standard InChI is InChI=1S/C17H15ClN2O2S2/c1-3-20-16(21)14(10-13-8-9-15(18)23-13)24-17(20)19-11-4-6-12(22-2)7-5-11/h4-10H,3H2,1-2H3/b14-10+,19-17?. The van der Waals surface area contributed by atoms with Gasteiger partial charge in [0.05, 0.1) is 22.0 Å². The van der Waals surface area contributed by atoms with E-state index in [9.17, 15) is 4.79 Å². The fraction of sp³-hybridized carbons (Fsp3) is 0.176. The SMILES string of the molecule is CCN1C(=O)/C(=C\c2ccc(Cl)s2)SC1=Nc1ccc(OC)cc1. The molecule has 1 aliphatic rings. The van der Waals surface area contributed by atoms with E-state index < -0.39 is 0 Å². The van der Waals surface area contributed by atoms with E-state index in [0.717, 1.165) is 16.3 Å². The van der Waals surface area contributed by atoms with Crippen LogP contribution in [0.5, 0.6) is 5.75 Å². The largest absolute Gasteiger partial charge is 0.497 e. The van der Waals surface area contributed by atoms with Crippen LogP contribution >= 0.6 is 34.7 Å². The van der Waals surface area contributed by atoms with Gasteiger partial charge in [-0.1, -0.05) is 11.6 Å². The summed E-state index contributed by atoms with van der Waals surface area (Å²) in [6.45, 7) is 2.51. The van der Waals surface area contributed by atoms with Crippen LogP contribution in [0.15, 0.2) is 46.3 Å². The Morgan fingerprint density at radius 3 is 2.58 bits per heavy atom. The van der Waals surface area contributed by atoms with E-state index in [2.05, 4.69) is 4.99 Å². The Hall–Kier alpha value is -1.76. The number of amides is 1. The molecule has 1 aromatic carbocycles. The molecule has 0 N–H and O–H groups in total. The second kappa shape index (κ2) is 7.42. The molecule has 1 amide bonds. The third-order valence-corrected chi connectivity index (χ3v) is 5.55. The number of carbonyl (C=O) groups excluding carboxylic acids is 1. The van der Waals surface area contributed by atoms with Crippen LogP contribution in [0, 0.1) is 0 Å². The minimum absolute atomic E-state index is 0.0284. The molecule has 0 bridgehead atoms. The van der Waals surface area contributed by atoms with Crippen molar-refractivity contribution in [1.29, 1.82) is 0 Å². The normalized spacial score (nSPS) is 18.0. The van der Waals surface area contributed by atoms with Crippen molar-refractivity contribution in [2.24, 2.45) is 4.99 Å². The van der Waals surface area contributed by atoms with Crippen molar-refractivity contribution in [2.45, 2.75) is 6.92 Å². The van der Waals surface area contributed by atoms with Gasteiger partial charge in [0.25, 0.3) is 5.91 Å². The Labute approximate surface area is 153 Å². The lowest BCUT2D eigenvalue weighted by Crippen LogP contribution is -2.28. The van der Waals surface area contributed by atoms with Gasteiger partial charge >= 0.3 is 0 Å². The van der Waals surface area contributed by atoms with Crippen LogP contribution in [0.2, 0.25) is 4.34 Å². The monoisotopic (exact) mass is 378 g/mol. The van der Waals surface area contributed by atoms with E-state index in [1.54, 1.807) is 12.0 Å². The lowest BCUT2D eigenvalue weighted by atomic mass is 10.3. The number of thioether (sulfide) groups is 1. The number of halogens is 1. The number of hydrogen-bond acceptors (Lipinski definition) is 5. The third kappa shape index (κ3) is 3.66. The van der Waals surface area contributed by atoms with Gasteiger partial charge in [0.2, 0.25) is 0 Å². The van der Waals surface area contributed by atoms with Gasteiger partial charge in [-0.3, -0.25) is 9.69 Å². The van der Waals surface area contributed by atoms with E-state index in [-0.39, 0.29) is 5.91 Å². The first kappa shape index (κ1) is 17.1. The molecule has 3 rings (SSSR count). The van der Waals surface area contributed by atoms with E-state index >= 15 is 0 Å². The molecule has 1 aromatic heterocycles. The number of rotatable bonds is 4. The maximum absolute atomic E-state index is 12.6. The zero-order valence-electron chi connectivity index (χ0n) is 13.2. The molecule has 1 fully saturated rings. The molecule has 24 heavy (non-hydrogen) atoms. The topological polar surface area (TPSA) is 41.9 Å². The van der Waals surface area contributed by atoms with Crippen molar-refractivity contribution in [3.05, 3.63) is 50.5 Å². The summed E-state index contributed by atoms with van der Waals surface area (Å²) in [5.41, 5.74) is 0.782. The van der Waals surface area contributed by atoms with E-state index in [1.807, 2.05) is 49.4 Å². The predicted octanol–water partition coefficient (Wildman–Crippen LogP) is 5.03. The number of aliphatic imine (C=N–C) groups is 1. The first-order valence-electron chi connectivity index (χ1n) is 7.30. The van der Waals surface area contributed by atoms with Crippen molar-refractivity contribution in [3.8, 4) is 5.75 Å². The van der Waals surface area contributed by atoms with Gasteiger partial charge in [0.15, 0.2) is 5.17 Å². The highest BCUT2D eigenvalue weighted by Crippen LogP contribution is 2.35. The number of likely N-dealkylation sites (N-methyl/N-ethyl adjacent to an activating group) is 1. The maximum Gasteiger partial charge on any atom is 0.266 e. The lowest BCUT2D eigenvalue weighted by Gasteiger charge is -2.12. The molecule has 0 unspecified atom stereocenters. The Morgan fingerprint density at radius 2 is 2.00 bits per heavy atom. The van der Waals surface area contributed by atoms with Gasteiger partial charge in [-0.15, -0.1) is 11.3 Å². The Balaban J connectivity index is 1.89. The first-order valence-corrected chi connectivity index (χ1v) is 9.31. The smallest absolute Gasteiger partial charge is 0.266 e. The van der Waals surface area contributed by atoms with Crippen LogP contribution in [0.3, 0.4) is 0 Å². The average molecular weight is 379 g/mol. The summed E-state index contributed by atoms with van der Waals surface area (Å²) < 4.78 is 5.85. The van der Waals surface area contributed by atoms with E-state index in [0.29, 0.717) is 21.0 Å². The highest BCUT2D eigenvalue weighted by Gasteiger charge is 2.32. The molecular weight excluding hydrogens is 364 g/mol. The number of ether oxygens (including phenoxy) is 1. The van der Waals surface area contributed by atoms with Crippen molar-refractivity contribution in [1.82, 2.24) is 4.90 Å². The van der Waals surface area contributed by atoms with Crippen molar-refractivity contribution >= 4 is 57.5 Å². The minimum Gasteiger partial charge on any atom is -0.497 e. The van der Waals surface area contributed by atoms with Gasteiger partial charge in [0, 0.05) is 11.4 Å². The molecule has 4 nitrogen and oxygen atoms in total. The first-order chi connectivity index (χ1) is 11.6. The fourth-order valence-corrected chi connectivity index (χ4v) is 4.30. The van der Waals surface area contributed by atoms with Crippen molar-refractivity contribution in [3.63, 3.8) is 0 Å². The Morgan fingerprint density at radius 1 is 1.25 bits per heavy atom.